The van der Waals surface area contributed by atoms with Gasteiger partial charge < -0.3 is 5.11 Å². The molecule has 1 aromatic heterocycles. The van der Waals surface area contributed by atoms with Crippen LogP contribution in [0.4, 0.5) is 4.39 Å². The van der Waals surface area contributed by atoms with Crippen molar-refractivity contribution in [1.29, 1.82) is 0 Å². The smallest absolute Gasteiger partial charge is 0.282 e. The van der Waals surface area contributed by atoms with Crippen molar-refractivity contribution in [3.8, 4) is 5.75 Å². The molecule has 0 aromatic carbocycles. The summed E-state index contributed by atoms with van der Waals surface area (Å²) < 4.78 is 33.4. The van der Waals surface area contributed by atoms with Crippen LogP contribution in [0.25, 0.3) is 0 Å². The minimum absolute atomic E-state index is 0.613. The number of aromatic nitrogens is 1. The Labute approximate surface area is 72.0 Å². The first-order valence-corrected chi connectivity index (χ1v) is 5.01. The minimum Gasteiger partial charge on any atom is -0.505 e. The predicted octanol–water partition coefficient (Wildman–Crippen LogP) is 0.854. The van der Waals surface area contributed by atoms with Crippen molar-refractivity contribution < 1.29 is 17.9 Å². The molecule has 0 amide bonds. The zero-order valence-corrected chi connectivity index (χ0v) is 7.10. The quantitative estimate of drug-likeness (QED) is 0.700. The van der Waals surface area contributed by atoms with E-state index >= 15 is 0 Å². The molecule has 0 spiro atoms. The van der Waals surface area contributed by atoms with Crippen LogP contribution in [0.3, 0.4) is 0 Å². The van der Waals surface area contributed by atoms with Gasteiger partial charge >= 0.3 is 0 Å². The molecule has 4 nitrogen and oxygen atoms in total. The van der Waals surface area contributed by atoms with Gasteiger partial charge in [0.25, 0.3) is 9.05 Å². The fourth-order valence-electron chi connectivity index (χ4n) is 0.604. The molecule has 0 bridgehead atoms. The third kappa shape index (κ3) is 1.83. The maximum absolute atomic E-state index is 12.3. The third-order valence-electron chi connectivity index (χ3n) is 1.03. The van der Waals surface area contributed by atoms with Crippen LogP contribution in [0.1, 0.15) is 0 Å². The van der Waals surface area contributed by atoms with Crippen LogP contribution in [-0.2, 0) is 9.05 Å². The number of hydrogen-bond donors (Lipinski definition) is 1. The van der Waals surface area contributed by atoms with E-state index in [9.17, 15) is 12.8 Å². The zero-order valence-electron chi connectivity index (χ0n) is 5.53. The largest absolute Gasteiger partial charge is 0.505 e. The van der Waals surface area contributed by atoms with E-state index in [1.807, 2.05) is 0 Å². The maximum Gasteiger partial charge on any atom is 0.282 e. The first kappa shape index (κ1) is 9.21. The first-order valence-electron chi connectivity index (χ1n) is 2.70. The summed E-state index contributed by atoms with van der Waals surface area (Å²) >= 11 is 0. The van der Waals surface area contributed by atoms with Crippen LogP contribution in [0.15, 0.2) is 17.3 Å². The van der Waals surface area contributed by atoms with Crippen LogP contribution in [-0.4, -0.2) is 18.5 Å². The number of halogens is 2. The van der Waals surface area contributed by atoms with Gasteiger partial charge in [0.2, 0.25) is 5.03 Å². The Bertz CT molecular complexity index is 405. The molecule has 0 radical (unpaired) electrons. The summed E-state index contributed by atoms with van der Waals surface area (Å²) in [7, 11) is 0.738. The second-order valence-electron chi connectivity index (χ2n) is 1.92. The predicted molar refractivity (Wildman–Crippen MR) is 38.9 cm³/mol. The molecule has 1 heterocycles. The Hall–Kier alpha value is -0.880. The molecule has 0 atom stereocenters. The standard InChI is InChI=1S/C5H3ClFNO3S/c6-12(10,11)5-4(9)1-3(7)2-8-5/h1-2,9H. The van der Waals surface area contributed by atoms with Gasteiger partial charge in [-0.05, 0) is 0 Å². The molecule has 0 fully saturated rings. The van der Waals surface area contributed by atoms with Gasteiger partial charge in [-0.25, -0.2) is 17.8 Å². The maximum atomic E-state index is 12.3. The molecule has 0 saturated heterocycles. The van der Waals surface area contributed by atoms with Crippen LogP contribution in [0.5, 0.6) is 5.75 Å². The fourth-order valence-corrected chi connectivity index (χ4v) is 1.45. The SMILES string of the molecule is O=S(=O)(Cl)c1ncc(F)cc1O. The summed E-state index contributed by atoms with van der Waals surface area (Å²) in [6, 6.07) is 0.613. The number of rotatable bonds is 1. The molecular formula is C5H3ClFNO3S. The average Bonchev–Trinajstić information content (AvgIpc) is 1.83. The van der Waals surface area contributed by atoms with E-state index in [1.54, 1.807) is 0 Å². The van der Waals surface area contributed by atoms with Crippen molar-refractivity contribution >= 4 is 19.7 Å². The zero-order chi connectivity index (χ0) is 9.35. The van der Waals surface area contributed by atoms with Crippen molar-refractivity contribution in [3.63, 3.8) is 0 Å². The Morgan fingerprint density at radius 1 is 1.58 bits per heavy atom. The molecule has 0 saturated carbocycles. The van der Waals surface area contributed by atoms with E-state index in [0.717, 1.165) is 0 Å². The van der Waals surface area contributed by atoms with Crippen molar-refractivity contribution in [3.05, 3.63) is 18.1 Å². The highest BCUT2D eigenvalue weighted by Gasteiger charge is 2.17. The third-order valence-corrected chi connectivity index (χ3v) is 2.24. The Morgan fingerprint density at radius 3 is 2.58 bits per heavy atom. The topological polar surface area (TPSA) is 67.3 Å². The highest BCUT2D eigenvalue weighted by molar-refractivity contribution is 8.13. The summed E-state index contributed by atoms with van der Waals surface area (Å²) in [5, 5.41) is 8.12. The van der Waals surface area contributed by atoms with Crippen LogP contribution >= 0.6 is 10.7 Å². The van der Waals surface area contributed by atoms with Crippen molar-refractivity contribution in [2.24, 2.45) is 0 Å². The molecule has 0 unspecified atom stereocenters. The molecule has 1 N–H and O–H groups in total. The summed E-state index contributed by atoms with van der Waals surface area (Å²) in [5.41, 5.74) is 0. The molecule has 1 aromatic rings. The molecule has 66 valence electrons. The Balaban J connectivity index is 3.39. The lowest BCUT2D eigenvalue weighted by Crippen LogP contribution is -1.95. The molecular weight excluding hydrogens is 209 g/mol. The van der Waals surface area contributed by atoms with E-state index in [1.165, 1.54) is 0 Å². The summed E-state index contributed by atoms with van der Waals surface area (Å²) in [5.74, 6) is -1.64. The number of pyridine rings is 1. The number of aromatic hydroxyl groups is 1. The second-order valence-corrected chi connectivity index (χ2v) is 4.40. The monoisotopic (exact) mass is 211 g/mol. The van der Waals surface area contributed by atoms with Gasteiger partial charge in [-0.15, -0.1) is 0 Å². The van der Waals surface area contributed by atoms with Gasteiger partial charge in [0.15, 0.2) is 5.75 Å². The minimum atomic E-state index is -4.11. The summed E-state index contributed by atoms with van der Waals surface area (Å²) in [6.07, 6.45) is 0.648. The number of nitrogens with zero attached hydrogens (tertiary/aromatic N) is 1. The molecule has 12 heavy (non-hydrogen) atoms. The molecule has 1 rings (SSSR count). The lowest BCUT2D eigenvalue weighted by molar-refractivity contribution is 0.445. The van der Waals surface area contributed by atoms with E-state index < -0.39 is 25.6 Å². The van der Waals surface area contributed by atoms with E-state index in [2.05, 4.69) is 4.98 Å². The van der Waals surface area contributed by atoms with Gasteiger partial charge in [0.05, 0.1) is 6.20 Å². The lowest BCUT2D eigenvalue weighted by atomic mass is 10.4. The summed E-state index contributed by atoms with van der Waals surface area (Å²) in [6.45, 7) is 0. The fraction of sp³-hybridized carbons (Fsp3) is 0. The van der Waals surface area contributed by atoms with Gasteiger partial charge in [0.1, 0.15) is 5.82 Å². The highest BCUT2D eigenvalue weighted by atomic mass is 35.7. The highest BCUT2D eigenvalue weighted by Crippen LogP contribution is 2.23. The summed E-state index contributed by atoms with van der Waals surface area (Å²) in [4.78, 5) is 3.10. The Kier molecular flexibility index (Phi) is 2.20. The van der Waals surface area contributed by atoms with Gasteiger partial charge in [-0.3, -0.25) is 0 Å². The Morgan fingerprint density at radius 2 is 2.17 bits per heavy atom. The van der Waals surface area contributed by atoms with Crippen LogP contribution < -0.4 is 0 Å². The van der Waals surface area contributed by atoms with Crippen LogP contribution in [0.2, 0.25) is 0 Å². The normalized spacial score (nSPS) is 11.5. The van der Waals surface area contributed by atoms with Gasteiger partial charge in [-0.2, -0.15) is 0 Å². The van der Waals surface area contributed by atoms with E-state index in [-0.39, 0.29) is 0 Å². The number of hydrogen-bond acceptors (Lipinski definition) is 4. The molecule has 0 aliphatic rings. The van der Waals surface area contributed by atoms with Crippen molar-refractivity contribution in [2.45, 2.75) is 5.03 Å². The average molecular weight is 212 g/mol. The van der Waals surface area contributed by atoms with Crippen molar-refractivity contribution in [1.82, 2.24) is 4.98 Å². The van der Waals surface area contributed by atoms with Gasteiger partial charge in [0, 0.05) is 16.7 Å². The van der Waals surface area contributed by atoms with E-state index in [0.29, 0.717) is 12.3 Å². The second kappa shape index (κ2) is 2.87. The van der Waals surface area contributed by atoms with E-state index in [4.69, 9.17) is 15.8 Å². The van der Waals surface area contributed by atoms with Crippen LogP contribution in [0, 0.1) is 5.82 Å². The first-order chi connectivity index (χ1) is 5.41. The van der Waals surface area contributed by atoms with Crippen molar-refractivity contribution in [2.75, 3.05) is 0 Å². The molecule has 0 aliphatic carbocycles. The van der Waals surface area contributed by atoms with Gasteiger partial charge in [-0.1, -0.05) is 0 Å². The lowest BCUT2D eigenvalue weighted by Gasteiger charge is -1.97. The molecule has 7 heteroatoms. The molecule has 0 aliphatic heterocycles.